The first kappa shape index (κ1) is 8.78. The summed E-state index contributed by atoms with van der Waals surface area (Å²) in [7, 11) is 0. The third-order valence-corrected chi connectivity index (χ3v) is 2.33. The van der Waals surface area contributed by atoms with E-state index in [4.69, 9.17) is 0 Å². The second-order valence-corrected chi connectivity index (χ2v) is 3.91. The minimum Gasteiger partial charge on any atom is -0.0758 e. The summed E-state index contributed by atoms with van der Waals surface area (Å²) in [5.41, 5.74) is 2.65. The van der Waals surface area contributed by atoms with E-state index in [1.807, 2.05) is 0 Å². The van der Waals surface area contributed by atoms with Gasteiger partial charge in [0, 0.05) is 3.57 Å². The molecule has 1 rings (SSSR count). The molecule has 1 heteroatoms. The number of rotatable bonds is 1. The summed E-state index contributed by atoms with van der Waals surface area (Å²) >= 11 is 2.35. The molecule has 58 valence electrons. The van der Waals surface area contributed by atoms with E-state index < -0.39 is 0 Å². The van der Waals surface area contributed by atoms with Crippen LogP contribution in [-0.4, -0.2) is 0 Å². The van der Waals surface area contributed by atoms with Gasteiger partial charge in [-0.3, -0.25) is 0 Å². The van der Waals surface area contributed by atoms with Crippen LogP contribution >= 0.6 is 22.6 Å². The van der Waals surface area contributed by atoms with Crippen LogP contribution in [0.3, 0.4) is 0 Å². The molecule has 0 N–H and O–H groups in total. The van der Waals surface area contributed by atoms with Crippen molar-refractivity contribution in [2.24, 2.45) is 0 Å². The molecule has 0 nitrogen and oxygen atoms in total. The SMILES string of the molecule is CC(C)=Cc1ccccc1I. The van der Waals surface area contributed by atoms with E-state index in [0.29, 0.717) is 0 Å². The van der Waals surface area contributed by atoms with Gasteiger partial charge in [-0.05, 0) is 48.1 Å². The normalized spacial score (nSPS) is 9.36. The van der Waals surface area contributed by atoms with Crippen LogP contribution in [0.15, 0.2) is 29.8 Å². The Bertz CT molecular complexity index is 270. The van der Waals surface area contributed by atoms with E-state index in [0.717, 1.165) is 0 Å². The molecule has 0 saturated heterocycles. The zero-order valence-electron chi connectivity index (χ0n) is 6.76. The summed E-state index contributed by atoms with van der Waals surface area (Å²) in [6.07, 6.45) is 2.20. The van der Waals surface area contributed by atoms with Crippen LogP contribution in [-0.2, 0) is 0 Å². The Kier molecular flexibility index (Phi) is 3.12. The standard InChI is InChI=1S/C10H11I/c1-8(2)7-9-5-3-4-6-10(9)11/h3-7H,1-2H3. The van der Waals surface area contributed by atoms with Gasteiger partial charge in [0.2, 0.25) is 0 Å². The molecule has 0 aromatic heterocycles. The van der Waals surface area contributed by atoms with Gasteiger partial charge in [-0.2, -0.15) is 0 Å². The Morgan fingerprint density at radius 1 is 1.27 bits per heavy atom. The second kappa shape index (κ2) is 3.90. The number of hydrogen-bond acceptors (Lipinski definition) is 0. The van der Waals surface area contributed by atoms with Crippen LogP contribution in [0.5, 0.6) is 0 Å². The topological polar surface area (TPSA) is 0 Å². The summed E-state index contributed by atoms with van der Waals surface area (Å²) in [5.74, 6) is 0. The molecule has 0 radical (unpaired) electrons. The smallest absolute Gasteiger partial charge is 0.0202 e. The van der Waals surface area contributed by atoms with Gasteiger partial charge in [0.05, 0.1) is 0 Å². The first-order valence-corrected chi connectivity index (χ1v) is 4.67. The molecule has 0 spiro atoms. The number of benzene rings is 1. The molecular weight excluding hydrogens is 247 g/mol. The van der Waals surface area contributed by atoms with Gasteiger partial charge >= 0.3 is 0 Å². The highest BCUT2D eigenvalue weighted by atomic mass is 127. The summed E-state index contributed by atoms with van der Waals surface area (Å²) in [4.78, 5) is 0. The molecule has 0 amide bonds. The van der Waals surface area contributed by atoms with Crippen LogP contribution in [0.2, 0.25) is 0 Å². The predicted molar refractivity (Wildman–Crippen MR) is 58.5 cm³/mol. The minimum atomic E-state index is 1.31. The summed E-state index contributed by atoms with van der Waals surface area (Å²) in [6, 6.07) is 8.38. The summed E-state index contributed by atoms with van der Waals surface area (Å²) in [6.45, 7) is 4.23. The average molecular weight is 258 g/mol. The zero-order chi connectivity index (χ0) is 8.27. The molecule has 0 unspecified atom stereocenters. The lowest BCUT2D eigenvalue weighted by Gasteiger charge is -1.97. The largest absolute Gasteiger partial charge is 0.0758 e. The van der Waals surface area contributed by atoms with E-state index in [9.17, 15) is 0 Å². The zero-order valence-corrected chi connectivity index (χ0v) is 8.92. The number of hydrogen-bond donors (Lipinski definition) is 0. The van der Waals surface area contributed by atoms with Gasteiger partial charge in [0.15, 0.2) is 0 Å². The van der Waals surface area contributed by atoms with Crippen LogP contribution in [0.4, 0.5) is 0 Å². The molecule has 0 heterocycles. The quantitative estimate of drug-likeness (QED) is 0.673. The van der Waals surface area contributed by atoms with Crippen molar-refractivity contribution < 1.29 is 0 Å². The third-order valence-electron chi connectivity index (χ3n) is 1.35. The predicted octanol–water partition coefficient (Wildman–Crippen LogP) is 3.71. The molecule has 0 bridgehead atoms. The third kappa shape index (κ3) is 2.66. The minimum absolute atomic E-state index is 1.31. The van der Waals surface area contributed by atoms with Gasteiger partial charge in [-0.25, -0.2) is 0 Å². The highest BCUT2D eigenvalue weighted by Crippen LogP contribution is 2.14. The lowest BCUT2D eigenvalue weighted by Crippen LogP contribution is -1.78. The average Bonchev–Trinajstić information content (AvgIpc) is 1.93. The molecule has 1 aromatic rings. The Morgan fingerprint density at radius 2 is 1.91 bits per heavy atom. The fraction of sp³-hybridized carbons (Fsp3) is 0.200. The molecule has 0 aliphatic rings. The lowest BCUT2D eigenvalue weighted by atomic mass is 10.2. The molecule has 0 fully saturated rings. The fourth-order valence-electron chi connectivity index (χ4n) is 0.903. The Morgan fingerprint density at radius 3 is 2.45 bits per heavy atom. The van der Waals surface area contributed by atoms with Crippen LogP contribution in [0, 0.1) is 3.57 Å². The Hall–Kier alpha value is -0.310. The maximum Gasteiger partial charge on any atom is 0.0202 e. The Labute approximate surface area is 81.5 Å². The van der Waals surface area contributed by atoms with E-state index in [1.54, 1.807) is 0 Å². The molecule has 0 aliphatic carbocycles. The first-order chi connectivity index (χ1) is 5.20. The maximum absolute atomic E-state index is 2.35. The van der Waals surface area contributed by atoms with Crippen molar-refractivity contribution in [1.29, 1.82) is 0 Å². The number of halogens is 1. The number of allylic oxidation sites excluding steroid dienone is 1. The van der Waals surface area contributed by atoms with Gasteiger partial charge in [-0.15, -0.1) is 0 Å². The second-order valence-electron chi connectivity index (χ2n) is 2.74. The van der Waals surface area contributed by atoms with Crippen molar-refractivity contribution in [2.75, 3.05) is 0 Å². The molecule has 0 saturated carbocycles. The lowest BCUT2D eigenvalue weighted by molar-refractivity contribution is 1.41. The van der Waals surface area contributed by atoms with Crippen molar-refractivity contribution >= 4 is 28.7 Å². The van der Waals surface area contributed by atoms with Crippen LogP contribution in [0.25, 0.3) is 6.08 Å². The first-order valence-electron chi connectivity index (χ1n) is 3.59. The van der Waals surface area contributed by atoms with Gasteiger partial charge in [-0.1, -0.05) is 29.8 Å². The highest BCUT2D eigenvalue weighted by molar-refractivity contribution is 14.1. The molecule has 0 aliphatic heterocycles. The fourth-order valence-corrected chi connectivity index (χ4v) is 1.45. The van der Waals surface area contributed by atoms with Crippen molar-refractivity contribution in [3.05, 3.63) is 39.0 Å². The Balaban J connectivity index is 3.04. The molecule has 0 atom stereocenters. The van der Waals surface area contributed by atoms with Crippen LogP contribution < -0.4 is 0 Å². The van der Waals surface area contributed by atoms with E-state index in [1.165, 1.54) is 14.7 Å². The summed E-state index contributed by atoms with van der Waals surface area (Å²) < 4.78 is 1.31. The van der Waals surface area contributed by atoms with E-state index >= 15 is 0 Å². The summed E-state index contributed by atoms with van der Waals surface area (Å²) in [5, 5.41) is 0. The van der Waals surface area contributed by atoms with E-state index in [-0.39, 0.29) is 0 Å². The van der Waals surface area contributed by atoms with Crippen molar-refractivity contribution in [3.8, 4) is 0 Å². The van der Waals surface area contributed by atoms with Crippen LogP contribution in [0.1, 0.15) is 19.4 Å². The molecule has 1 aromatic carbocycles. The van der Waals surface area contributed by atoms with E-state index in [2.05, 4.69) is 66.8 Å². The molecular formula is C10H11I. The van der Waals surface area contributed by atoms with Crippen molar-refractivity contribution in [2.45, 2.75) is 13.8 Å². The van der Waals surface area contributed by atoms with Crippen molar-refractivity contribution in [1.82, 2.24) is 0 Å². The van der Waals surface area contributed by atoms with Gasteiger partial charge in [0.25, 0.3) is 0 Å². The van der Waals surface area contributed by atoms with Gasteiger partial charge < -0.3 is 0 Å². The maximum atomic E-state index is 2.35. The molecule has 11 heavy (non-hydrogen) atoms. The monoisotopic (exact) mass is 258 g/mol. The van der Waals surface area contributed by atoms with Gasteiger partial charge in [0.1, 0.15) is 0 Å². The highest BCUT2D eigenvalue weighted by Gasteiger charge is 1.91. The van der Waals surface area contributed by atoms with Crippen molar-refractivity contribution in [3.63, 3.8) is 0 Å².